The summed E-state index contributed by atoms with van der Waals surface area (Å²) in [4.78, 5) is 15.0. The number of hydrogen-bond acceptors (Lipinski definition) is 5. The van der Waals surface area contributed by atoms with Gasteiger partial charge in [0.25, 0.3) is 0 Å². The molecule has 3 rings (SSSR count). The maximum absolute atomic E-state index is 12.8. The van der Waals surface area contributed by atoms with E-state index in [1.807, 2.05) is 31.2 Å². The number of likely N-dealkylation sites (tertiary alicyclic amines) is 1. The minimum absolute atomic E-state index is 0.00407. The molecule has 1 aliphatic rings. The molecule has 2 aromatic rings. The Morgan fingerprint density at radius 1 is 1.42 bits per heavy atom. The zero-order chi connectivity index (χ0) is 18.5. The van der Waals surface area contributed by atoms with Gasteiger partial charge in [0.05, 0.1) is 12.1 Å². The van der Waals surface area contributed by atoms with Crippen molar-refractivity contribution in [3.63, 3.8) is 0 Å². The normalized spacial score (nSPS) is 21.1. The second-order valence-electron chi connectivity index (χ2n) is 6.57. The van der Waals surface area contributed by atoms with Crippen LogP contribution in [0.2, 0.25) is 5.02 Å². The van der Waals surface area contributed by atoms with Gasteiger partial charge in [0.1, 0.15) is 6.33 Å². The van der Waals surface area contributed by atoms with Crippen LogP contribution in [0, 0.1) is 0 Å². The summed E-state index contributed by atoms with van der Waals surface area (Å²) in [5.74, 6) is 0.00407. The van der Waals surface area contributed by atoms with E-state index in [1.165, 1.54) is 5.57 Å². The third-order valence-corrected chi connectivity index (χ3v) is 5.15. The van der Waals surface area contributed by atoms with Crippen LogP contribution >= 0.6 is 11.6 Å². The Morgan fingerprint density at radius 3 is 2.92 bits per heavy atom. The number of benzene rings is 1. The molecule has 0 unspecified atom stereocenters. The number of allylic oxidation sites excluding steroid dienone is 1. The lowest BCUT2D eigenvalue weighted by Crippen LogP contribution is -2.43. The average molecular weight is 375 g/mol. The highest BCUT2D eigenvalue weighted by Gasteiger charge is 2.38. The number of aromatic nitrogens is 4. The molecule has 0 aliphatic carbocycles. The Labute approximate surface area is 158 Å². The molecule has 1 aromatic carbocycles. The molecule has 2 heterocycles. The maximum atomic E-state index is 12.8. The molecule has 2 atom stereocenters. The van der Waals surface area contributed by atoms with E-state index in [0.29, 0.717) is 18.0 Å². The summed E-state index contributed by atoms with van der Waals surface area (Å²) in [5.41, 5.74) is 2.14. The first-order valence-electron chi connectivity index (χ1n) is 8.68. The van der Waals surface area contributed by atoms with Crippen LogP contribution in [-0.4, -0.2) is 50.1 Å². The summed E-state index contributed by atoms with van der Waals surface area (Å²) in [6.45, 7) is 5.99. The van der Waals surface area contributed by atoms with E-state index in [9.17, 15) is 4.79 Å². The monoisotopic (exact) mass is 374 g/mol. The van der Waals surface area contributed by atoms with Gasteiger partial charge in [0.15, 0.2) is 0 Å². The predicted molar refractivity (Wildman–Crippen MR) is 99.6 cm³/mol. The molecule has 1 aromatic heterocycles. The molecular formula is C18H23ClN6O. The second kappa shape index (κ2) is 8.42. The van der Waals surface area contributed by atoms with E-state index >= 15 is 0 Å². The van der Waals surface area contributed by atoms with E-state index < -0.39 is 0 Å². The maximum Gasteiger partial charge on any atom is 0.237 e. The lowest BCUT2D eigenvalue weighted by atomic mass is 10.1. The average Bonchev–Trinajstić information content (AvgIpc) is 3.30. The van der Waals surface area contributed by atoms with E-state index in [4.69, 9.17) is 11.6 Å². The molecule has 8 heteroatoms. The molecular weight excluding hydrogens is 352 g/mol. The Balaban J connectivity index is 1.69. The third-order valence-electron chi connectivity index (χ3n) is 4.78. The zero-order valence-corrected chi connectivity index (χ0v) is 15.7. The van der Waals surface area contributed by atoms with Crippen molar-refractivity contribution in [1.82, 2.24) is 30.4 Å². The number of amides is 1. The molecule has 1 aliphatic heterocycles. The topological polar surface area (TPSA) is 75.9 Å². The highest BCUT2D eigenvalue weighted by atomic mass is 35.5. The number of halogens is 1. The Hall–Kier alpha value is -2.25. The van der Waals surface area contributed by atoms with Crippen molar-refractivity contribution in [2.75, 3.05) is 13.1 Å². The number of hydrogen-bond donors (Lipinski definition) is 1. The summed E-state index contributed by atoms with van der Waals surface area (Å²) in [5, 5.41) is 15.1. The van der Waals surface area contributed by atoms with Crippen LogP contribution in [0.25, 0.3) is 0 Å². The van der Waals surface area contributed by atoms with Crippen molar-refractivity contribution in [1.29, 1.82) is 0 Å². The van der Waals surface area contributed by atoms with Crippen LogP contribution in [0.3, 0.4) is 0 Å². The van der Waals surface area contributed by atoms with Gasteiger partial charge in [-0.05, 0) is 42.3 Å². The highest BCUT2D eigenvalue weighted by Crippen LogP contribution is 2.27. The minimum atomic E-state index is -0.221. The Morgan fingerprint density at radius 2 is 2.23 bits per heavy atom. The van der Waals surface area contributed by atoms with Crippen LogP contribution in [0.5, 0.6) is 0 Å². The molecule has 1 fully saturated rings. The smallest absolute Gasteiger partial charge is 0.237 e. The van der Waals surface area contributed by atoms with Gasteiger partial charge in [-0.3, -0.25) is 9.69 Å². The molecule has 0 bridgehead atoms. The van der Waals surface area contributed by atoms with E-state index in [2.05, 4.69) is 38.7 Å². The predicted octanol–water partition coefficient (Wildman–Crippen LogP) is 2.22. The summed E-state index contributed by atoms with van der Waals surface area (Å²) in [7, 11) is 0. The van der Waals surface area contributed by atoms with Gasteiger partial charge in [-0.25, -0.2) is 4.68 Å². The number of carbonyl (C=O) groups excluding carboxylic acids is 1. The van der Waals surface area contributed by atoms with Gasteiger partial charge in [0.2, 0.25) is 5.91 Å². The SMILES string of the molecule is CC=C(C)CN1C[C@H](n2cnnn2)C[C@H]1C(=O)NCc1ccccc1Cl. The van der Waals surface area contributed by atoms with Crippen LogP contribution < -0.4 is 5.32 Å². The molecule has 7 nitrogen and oxygen atoms in total. The fourth-order valence-corrected chi connectivity index (χ4v) is 3.41. The largest absolute Gasteiger partial charge is 0.351 e. The molecule has 0 saturated carbocycles. The van der Waals surface area contributed by atoms with Crippen LogP contribution in [0.15, 0.2) is 42.2 Å². The van der Waals surface area contributed by atoms with Crippen molar-refractivity contribution >= 4 is 17.5 Å². The van der Waals surface area contributed by atoms with E-state index in [1.54, 1.807) is 11.0 Å². The third kappa shape index (κ3) is 4.28. The number of carbonyl (C=O) groups is 1. The number of rotatable bonds is 6. The number of tetrazole rings is 1. The van der Waals surface area contributed by atoms with E-state index in [0.717, 1.165) is 18.7 Å². The minimum Gasteiger partial charge on any atom is -0.351 e. The quantitative estimate of drug-likeness (QED) is 0.784. The van der Waals surface area contributed by atoms with Gasteiger partial charge < -0.3 is 5.32 Å². The van der Waals surface area contributed by atoms with Crippen LogP contribution in [0.4, 0.5) is 0 Å². The van der Waals surface area contributed by atoms with Gasteiger partial charge in [-0.1, -0.05) is 41.4 Å². The standard InChI is InChI=1S/C18H23ClN6O/c1-3-13(2)10-24-11-15(25-12-21-22-23-25)8-17(24)18(26)20-9-14-6-4-5-7-16(14)19/h3-7,12,15,17H,8-11H2,1-2H3,(H,20,26)/t15-,17+/m1/s1. The first kappa shape index (κ1) is 18.5. The summed E-state index contributed by atoms with van der Waals surface area (Å²) >= 11 is 6.18. The van der Waals surface area contributed by atoms with Gasteiger partial charge in [0, 0.05) is 24.7 Å². The van der Waals surface area contributed by atoms with Gasteiger partial charge >= 0.3 is 0 Å². The summed E-state index contributed by atoms with van der Waals surface area (Å²) in [6, 6.07) is 7.41. The first-order chi connectivity index (χ1) is 12.6. The fraction of sp³-hybridized carbons (Fsp3) is 0.444. The molecule has 1 amide bonds. The first-order valence-corrected chi connectivity index (χ1v) is 9.05. The summed E-state index contributed by atoms with van der Waals surface area (Å²) in [6.07, 6.45) is 4.36. The molecule has 138 valence electrons. The van der Waals surface area contributed by atoms with Crippen molar-refractivity contribution in [2.45, 2.75) is 38.9 Å². The summed E-state index contributed by atoms with van der Waals surface area (Å²) < 4.78 is 1.74. The molecule has 1 saturated heterocycles. The Kier molecular flexibility index (Phi) is 6.00. The lowest BCUT2D eigenvalue weighted by Gasteiger charge is -2.23. The van der Waals surface area contributed by atoms with E-state index in [-0.39, 0.29) is 18.0 Å². The van der Waals surface area contributed by atoms with Crippen LogP contribution in [-0.2, 0) is 11.3 Å². The number of nitrogens with zero attached hydrogens (tertiary/aromatic N) is 5. The van der Waals surface area contributed by atoms with Crippen LogP contribution in [0.1, 0.15) is 31.9 Å². The molecule has 1 N–H and O–H groups in total. The second-order valence-corrected chi connectivity index (χ2v) is 6.98. The van der Waals surface area contributed by atoms with Crippen molar-refractivity contribution in [3.8, 4) is 0 Å². The Bertz CT molecular complexity index is 776. The van der Waals surface area contributed by atoms with Gasteiger partial charge in [-0.15, -0.1) is 5.10 Å². The highest BCUT2D eigenvalue weighted by molar-refractivity contribution is 6.31. The fourth-order valence-electron chi connectivity index (χ4n) is 3.21. The van der Waals surface area contributed by atoms with Crippen molar-refractivity contribution in [3.05, 3.63) is 52.8 Å². The van der Waals surface area contributed by atoms with Crippen molar-refractivity contribution < 1.29 is 4.79 Å². The van der Waals surface area contributed by atoms with Gasteiger partial charge in [-0.2, -0.15) is 0 Å². The molecule has 0 spiro atoms. The number of nitrogens with one attached hydrogen (secondary N) is 1. The zero-order valence-electron chi connectivity index (χ0n) is 15.0. The van der Waals surface area contributed by atoms with Crippen molar-refractivity contribution in [2.24, 2.45) is 0 Å². The lowest BCUT2D eigenvalue weighted by molar-refractivity contribution is -0.125. The molecule has 0 radical (unpaired) electrons. The molecule has 26 heavy (non-hydrogen) atoms.